The van der Waals surface area contributed by atoms with Crippen LogP contribution in [-0.2, 0) is 6.54 Å². The van der Waals surface area contributed by atoms with Crippen molar-refractivity contribution in [1.82, 2.24) is 5.32 Å². The molecule has 2 aromatic carbocycles. The Hall–Kier alpha value is -2.22. The Balaban J connectivity index is 2.13. The number of benzene rings is 2. The predicted molar refractivity (Wildman–Crippen MR) is 116 cm³/mol. The molecule has 1 unspecified atom stereocenters. The Labute approximate surface area is 158 Å². The topological polar surface area (TPSA) is 33.6 Å². The molecule has 1 N–H and O–H groups in total. The van der Waals surface area contributed by atoms with Crippen LogP contribution in [0.1, 0.15) is 16.7 Å². The van der Waals surface area contributed by atoms with Gasteiger partial charge in [0, 0.05) is 19.3 Å². The van der Waals surface area contributed by atoms with E-state index in [1.807, 2.05) is 0 Å². The smallest absolute Gasteiger partial charge is 0.124 e. The van der Waals surface area contributed by atoms with Crippen LogP contribution in [0.4, 0.5) is 0 Å². The number of nitrogens with one attached hydrogen (secondary N) is 1. The summed E-state index contributed by atoms with van der Waals surface area (Å²) < 4.78 is 5.48. The third kappa shape index (κ3) is 5.39. The average Bonchev–Trinajstić information content (AvgIpc) is 2.62. The summed E-state index contributed by atoms with van der Waals surface area (Å²) in [5.74, 6) is 0.979. The van der Waals surface area contributed by atoms with Crippen LogP contribution in [0.25, 0.3) is 0 Å². The Morgan fingerprint density at radius 2 is 1.88 bits per heavy atom. The summed E-state index contributed by atoms with van der Waals surface area (Å²) in [5.41, 5.74) is 4.56. The Morgan fingerprint density at radius 1 is 1.19 bits per heavy atom. The first-order chi connectivity index (χ1) is 12.6. The van der Waals surface area contributed by atoms with Crippen LogP contribution >= 0.6 is 8.58 Å². The van der Waals surface area contributed by atoms with E-state index in [4.69, 9.17) is 4.74 Å². The molecular weight excluding hydrogens is 339 g/mol. The second-order valence-corrected chi connectivity index (χ2v) is 7.40. The number of hydrogen-bond acceptors (Lipinski definition) is 3. The van der Waals surface area contributed by atoms with Gasteiger partial charge in [0.1, 0.15) is 5.75 Å². The summed E-state index contributed by atoms with van der Waals surface area (Å²) in [5, 5.41) is 6.12. The molecule has 0 fully saturated rings. The van der Waals surface area contributed by atoms with Gasteiger partial charge in [0.15, 0.2) is 0 Å². The highest BCUT2D eigenvalue weighted by Gasteiger charge is 2.08. The SMILES string of the molecule is C=CN=C(C=C)CNCc1ccccc1Pc1cc(C)c(OC)c(C)c1. The van der Waals surface area contributed by atoms with Crippen molar-refractivity contribution in [2.45, 2.75) is 20.4 Å². The first kappa shape index (κ1) is 20.1. The Kier molecular flexibility index (Phi) is 7.77. The lowest BCUT2D eigenvalue weighted by molar-refractivity contribution is 0.409. The van der Waals surface area contributed by atoms with Crippen molar-refractivity contribution in [3.8, 4) is 5.75 Å². The van der Waals surface area contributed by atoms with Gasteiger partial charge >= 0.3 is 0 Å². The number of hydrogen-bond donors (Lipinski definition) is 1. The molecule has 0 spiro atoms. The van der Waals surface area contributed by atoms with Crippen molar-refractivity contribution in [2.24, 2.45) is 4.99 Å². The molecule has 0 bridgehead atoms. The predicted octanol–water partition coefficient (Wildman–Crippen LogP) is 3.80. The van der Waals surface area contributed by atoms with E-state index in [0.717, 1.165) is 18.0 Å². The minimum absolute atomic E-state index is 0.610. The van der Waals surface area contributed by atoms with Crippen LogP contribution in [-0.4, -0.2) is 19.4 Å². The molecule has 3 nitrogen and oxygen atoms in total. The normalized spacial score (nSPS) is 11.7. The van der Waals surface area contributed by atoms with Gasteiger partial charge in [-0.2, -0.15) is 0 Å². The van der Waals surface area contributed by atoms with Crippen LogP contribution in [0.3, 0.4) is 0 Å². The fourth-order valence-corrected chi connectivity index (χ4v) is 4.31. The van der Waals surface area contributed by atoms with Crippen molar-refractivity contribution < 1.29 is 4.74 Å². The van der Waals surface area contributed by atoms with Crippen molar-refractivity contribution in [2.75, 3.05) is 13.7 Å². The van der Waals surface area contributed by atoms with Gasteiger partial charge < -0.3 is 10.1 Å². The molecule has 0 heterocycles. The minimum Gasteiger partial charge on any atom is -0.496 e. The Bertz CT molecular complexity index is 789. The zero-order chi connectivity index (χ0) is 18.9. The Morgan fingerprint density at radius 3 is 2.50 bits per heavy atom. The van der Waals surface area contributed by atoms with E-state index in [9.17, 15) is 0 Å². The molecule has 0 radical (unpaired) electrons. The molecule has 0 saturated carbocycles. The van der Waals surface area contributed by atoms with Crippen molar-refractivity contribution in [3.63, 3.8) is 0 Å². The van der Waals surface area contributed by atoms with Gasteiger partial charge in [-0.1, -0.05) is 46.0 Å². The molecule has 1 atom stereocenters. The van der Waals surface area contributed by atoms with E-state index >= 15 is 0 Å². The summed E-state index contributed by atoms with van der Waals surface area (Å²) in [4.78, 5) is 4.19. The van der Waals surface area contributed by atoms with E-state index in [2.05, 4.69) is 73.7 Å². The molecule has 0 aliphatic rings. The van der Waals surface area contributed by atoms with Gasteiger partial charge in [0.05, 0.1) is 12.8 Å². The van der Waals surface area contributed by atoms with Gasteiger partial charge in [-0.25, -0.2) is 0 Å². The van der Waals surface area contributed by atoms with E-state index in [1.54, 1.807) is 19.4 Å². The van der Waals surface area contributed by atoms with Gasteiger partial charge in [-0.05, 0) is 59.4 Å². The van der Waals surface area contributed by atoms with Crippen LogP contribution < -0.4 is 20.7 Å². The molecule has 0 aromatic heterocycles. The summed E-state index contributed by atoms with van der Waals surface area (Å²) in [6.45, 7) is 13.1. The summed E-state index contributed by atoms with van der Waals surface area (Å²) in [7, 11) is 2.34. The van der Waals surface area contributed by atoms with Crippen LogP contribution in [0.2, 0.25) is 0 Å². The van der Waals surface area contributed by atoms with Gasteiger partial charge in [-0.3, -0.25) is 4.99 Å². The summed E-state index contributed by atoms with van der Waals surface area (Å²) in [6, 6.07) is 13.0. The monoisotopic (exact) mass is 366 g/mol. The molecule has 0 saturated heterocycles. The fourth-order valence-electron chi connectivity index (χ4n) is 2.91. The average molecular weight is 366 g/mol. The van der Waals surface area contributed by atoms with Gasteiger partial charge in [0.2, 0.25) is 0 Å². The molecule has 0 aliphatic heterocycles. The zero-order valence-electron chi connectivity index (χ0n) is 15.8. The van der Waals surface area contributed by atoms with E-state index < -0.39 is 0 Å². The minimum atomic E-state index is 0.610. The fraction of sp³-hybridized carbons (Fsp3) is 0.227. The van der Waals surface area contributed by atoms with Crippen LogP contribution in [0.15, 0.2) is 66.8 Å². The standard InChI is InChI=1S/C22H27N2OP/c1-6-19(24-7-2)15-23-14-18-10-8-9-11-21(18)26-20-12-16(3)22(25-5)17(4)13-20/h6-13,23,26H,1-2,14-15H2,3-5H3. The largest absolute Gasteiger partial charge is 0.496 e. The number of nitrogens with zero attached hydrogens (tertiary/aromatic N) is 1. The number of aliphatic imine (C=N–C) groups is 1. The van der Waals surface area contributed by atoms with Gasteiger partial charge in [0.25, 0.3) is 0 Å². The maximum atomic E-state index is 5.48. The first-order valence-corrected chi connectivity index (χ1v) is 9.60. The third-order valence-corrected chi connectivity index (χ3v) is 5.41. The first-order valence-electron chi connectivity index (χ1n) is 8.60. The maximum Gasteiger partial charge on any atom is 0.124 e. The second-order valence-electron chi connectivity index (χ2n) is 6.04. The maximum absolute atomic E-state index is 5.48. The van der Waals surface area contributed by atoms with Crippen molar-refractivity contribution in [1.29, 1.82) is 0 Å². The van der Waals surface area contributed by atoms with Crippen molar-refractivity contribution in [3.05, 3.63) is 78.5 Å². The van der Waals surface area contributed by atoms with E-state index in [0.29, 0.717) is 15.1 Å². The third-order valence-electron chi connectivity index (χ3n) is 4.08. The zero-order valence-corrected chi connectivity index (χ0v) is 16.8. The molecule has 4 heteroatoms. The summed E-state index contributed by atoms with van der Waals surface area (Å²) in [6.07, 6.45) is 3.30. The lowest BCUT2D eigenvalue weighted by atomic mass is 10.1. The highest BCUT2D eigenvalue weighted by molar-refractivity contribution is 7.55. The number of rotatable bonds is 9. The molecule has 136 valence electrons. The van der Waals surface area contributed by atoms with E-state index in [-0.39, 0.29) is 0 Å². The number of ether oxygens (including phenoxy) is 1. The number of aryl methyl sites for hydroxylation is 2. The van der Waals surface area contributed by atoms with E-state index in [1.165, 1.54) is 27.3 Å². The quantitative estimate of drug-likeness (QED) is 0.541. The molecule has 2 aromatic rings. The van der Waals surface area contributed by atoms with Crippen molar-refractivity contribution >= 4 is 24.9 Å². The summed E-state index contributed by atoms with van der Waals surface area (Å²) >= 11 is 0. The lowest BCUT2D eigenvalue weighted by Gasteiger charge is -2.14. The van der Waals surface area contributed by atoms with Gasteiger partial charge in [-0.15, -0.1) is 0 Å². The van der Waals surface area contributed by atoms with Crippen LogP contribution in [0, 0.1) is 13.8 Å². The molecule has 26 heavy (non-hydrogen) atoms. The van der Waals surface area contributed by atoms with Crippen LogP contribution in [0.5, 0.6) is 5.75 Å². The number of methoxy groups -OCH3 is 1. The highest BCUT2D eigenvalue weighted by Crippen LogP contribution is 2.24. The second kappa shape index (κ2) is 10.1. The molecule has 0 amide bonds. The highest BCUT2D eigenvalue weighted by atomic mass is 31.1. The molecule has 0 aliphatic carbocycles. The lowest BCUT2D eigenvalue weighted by Crippen LogP contribution is -2.24. The molecular formula is C22H27N2OP. The molecule has 2 rings (SSSR count).